The molecule has 0 aromatic heterocycles. The fourth-order valence-electron chi connectivity index (χ4n) is 5.56. The number of benzene rings is 2. The second-order valence-electron chi connectivity index (χ2n) is 12.5. The summed E-state index contributed by atoms with van der Waals surface area (Å²) in [5, 5.41) is 0. The Hall–Kier alpha value is -1.18. The van der Waals surface area contributed by atoms with Crippen molar-refractivity contribution in [3.05, 3.63) is 81.9 Å². The third-order valence-electron chi connectivity index (χ3n) is 6.76. The summed E-state index contributed by atoms with van der Waals surface area (Å²) in [6.45, 7) is 23.5. The van der Waals surface area contributed by atoms with Gasteiger partial charge in [0, 0.05) is 0 Å². The molecule has 186 valence electrons. The maximum absolute atomic E-state index is 6.73. The van der Waals surface area contributed by atoms with E-state index >= 15 is 0 Å². The molecule has 2 aromatic carbocycles. The average Bonchev–Trinajstić information content (AvgIpc) is 3.21. The van der Waals surface area contributed by atoms with Gasteiger partial charge in [-0.3, -0.25) is 0 Å². The third kappa shape index (κ3) is 5.28. The molecule has 2 aromatic rings. The van der Waals surface area contributed by atoms with E-state index in [-0.39, 0.29) is 10.8 Å². The van der Waals surface area contributed by atoms with Crippen molar-refractivity contribution in [1.82, 2.24) is 0 Å². The van der Waals surface area contributed by atoms with Gasteiger partial charge in [0.25, 0.3) is 0 Å². The van der Waals surface area contributed by atoms with Gasteiger partial charge in [0.1, 0.15) is 0 Å². The van der Waals surface area contributed by atoms with Gasteiger partial charge in [0.2, 0.25) is 0 Å². The van der Waals surface area contributed by atoms with E-state index in [2.05, 4.69) is 116 Å². The van der Waals surface area contributed by atoms with Crippen molar-refractivity contribution in [3.8, 4) is 0 Å². The molecule has 4 rings (SSSR count). The van der Waals surface area contributed by atoms with Crippen LogP contribution in [0.5, 0.6) is 0 Å². The van der Waals surface area contributed by atoms with E-state index in [0.29, 0.717) is 7.35 Å². The van der Waals surface area contributed by atoms with Crippen LogP contribution in [0.15, 0.2) is 59.7 Å². The van der Waals surface area contributed by atoms with E-state index in [1.54, 1.807) is 11.1 Å². The summed E-state index contributed by atoms with van der Waals surface area (Å²) in [7, 11) is -2.48. The first-order valence-electron chi connectivity index (χ1n) is 13.1. The fourth-order valence-corrected chi connectivity index (χ4v) is 16.6. The minimum atomic E-state index is -1.38. The van der Waals surface area contributed by atoms with Crippen LogP contribution in [-0.2, 0) is 31.8 Å². The standard InChI is InChI=1S/2C15H21OSi.Hf/c2*1-15(2,3)13-10-11-8-6-7-9-12(11)14(13)16-17(4)5;/h2*6-10,17H,1-5H3;. The Balaban J connectivity index is 1.90. The van der Waals surface area contributed by atoms with Crippen LogP contribution >= 0.6 is 0 Å². The predicted octanol–water partition coefficient (Wildman–Crippen LogP) is 8.09. The van der Waals surface area contributed by atoms with Crippen molar-refractivity contribution < 1.29 is 31.8 Å². The molecule has 0 radical (unpaired) electrons. The molecule has 2 nitrogen and oxygen atoms in total. The van der Waals surface area contributed by atoms with Crippen molar-refractivity contribution >= 4 is 29.6 Å². The molecule has 0 heterocycles. The molecule has 2 unspecified atom stereocenters. The maximum atomic E-state index is 6.73. The van der Waals surface area contributed by atoms with E-state index in [0.717, 1.165) is 0 Å². The molecule has 0 N–H and O–H groups in total. The number of fused-ring (bicyclic) bond motifs is 2. The molecule has 0 amide bonds. The number of hydrogen-bond donors (Lipinski definition) is 0. The van der Waals surface area contributed by atoms with Crippen LogP contribution < -0.4 is 0 Å². The average molecular weight is 669 g/mol. The van der Waals surface area contributed by atoms with Gasteiger partial charge >= 0.3 is 229 Å². The van der Waals surface area contributed by atoms with Crippen LogP contribution in [0, 0.1) is 10.8 Å². The molecule has 0 spiro atoms. The van der Waals surface area contributed by atoms with Crippen LogP contribution in [0.4, 0.5) is 0 Å². The van der Waals surface area contributed by atoms with Gasteiger partial charge < -0.3 is 0 Å². The summed E-state index contributed by atoms with van der Waals surface area (Å²) < 4.78 is 14.5. The monoisotopic (exact) mass is 670 g/mol. The molecule has 2 aliphatic rings. The summed E-state index contributed by atoms with van der Waals surface area (Å²) in [5.41, 5.74) is 9.01. The van der Waals surface area contributed by atoms with Crippen molar-refractivity contribution in [2.24, 2.45) is 10.8 Å². The van der Waals surface area contributed by atoms with Crippen LogP contribution in [0.25, 0.3) is 11.5 Å². The van der Waals surface area contributed by atoms with Gasteiger partial charge in [-0.15, -0.1) is 0 Å². The Bertz CT molecular complexity index is 1070. The molecular formula is C30H42HfO2Si2. The van der Waals surface area contributed by atoms with Crippen molar-refractivity contribution in [2.45, 2.75) is 75.1 Å². The van der Waals surface area contributed by atoms with Gasteiger partial charge in [-0.05, 0) is 0 Å². The van der Waals surface area contributed by atoms with Gasteiger partial charge in [0.15, 0.2) is 0 Å². The summed E-state index contributed by atoms with van der Waals surface area (Å²) in [4.78, 5) is 0. The molecule has 0 fully saturated rings. The SMILES string of the molecule is C[SiH](C)OC1=C(C(C)(C)C)[CH]([Hf][CH]2C(C(C)(C)C)=C(O[SiH](C)C)c3ccccc32)c2ccccc21. The molecular weight excluding hydrogens is 627 g/mol. The number of hydrogen-bond acceptors (Lipinski definition) is 2. The zero-order valence-corrected chi connectivity index (χ0v) is 29.1. The van der Waals surface area contributed by atoms with E-state index < -0.39 is 41.0 Å². The van der Waals surface area contributed by atoms with Crippen LogP contribution in [0.2, 0.25) is 26.2 Å². The summed E-state index contributed by atoms with van der Waals surface area (Å²) in [6, 6.07) is 18.2. The quantitative estimate of drug-likeness (QED) is 0.290. The van der Waals surface area contributed by atoms with E-state index in [1.807, 2.05) is 0 Å². The van der Waals surface area contributed by atoms with Crippen LogP contribution in [0.1, 0.15) is 71.1 Å². The molecule has 35 heavy (non-hydrogen) atoms. The molecule has 0 saturated carbocycles. The Labute approximate surface area is 228 Å². The first-order chi connectivity index (χ1) is 16.3. The van der Waals surface area contributed by atoms with Crippen molar-refractivity contribution in [1.29, 1.82) is 0 Å². The topological polar surface area (TPSA) is 18.5 Å². The molecule has 2 aliphatic carbocycles. The van der Waals surface area contributed by atoms with E-state index in [1.165, 1.54) is 33.8 Å². The molecule has 2 atom stereocenters. The number of rotatable bonds is 6. The second-order valence-corrected chi connectivity index (χ2v) is 22.5. The molecule has 0 bridgehead atoms. The first-order valence-corrected chi connectivity index (χ1v) is 22.8. The Morgan fingerprint density at radius 2 is 0.943 bits per heavy atom. The zero-order valence-electron chi connectivity index (χ0n) is 23.2. The molecule has 0 aliphatic heterocycles. The molecule has 0 saturated heterocycles. The fraction of sp³-hybridized carbons (Fsp3) is 0.467. The number of allylic oxidation sites excluding steroid dienone is 2. The Morgan fingerprint density at radius 1 is 0.600 bits per heavy atom. The summed E-state index contributed by atoms with van der Waals surface area (Å²) in [5.74, 6) is 2.43. The van der Waals surface area contributed by atoms with Gasteiger partial charge in [0.05, 0.1) is 0 Å². The third-order valence-corrected chi connectivity index (χ3v) is 14.9. The van der Waals surface area contributed by atoms with Crippen molar-refractivity contribution in [2.75, 3.05) is 0 Å². The van der Waals surface area contributed by atoms with Crippen LogP contribution in [0.3, 0.4) is 0 Å². The Kier molecular flexibility index (Phi) is 7.63. The minimum absolute atomic E-state index is 0.0726. The van der Waals surface area contributed by atoms with Crippen molar-refractivity contribution in [3.63, 3.8) is 0 Å². The van der Waals surface area contributed by atoms with Crippen LogP contribution in [-0.4, -0.2) is 18.1 Å². The van der Waals surface area contributed by atoms with Gasteiger partial charge in [-0.2, -0.15) is 0 Å². The summed E-state index contributed by atoms with van der Waals surface area (Å²) >= 11 is -1.38. The van der Waals surface area contributed by atoms with E-state index in [9.17, 15) is 0 Å². The first kappa shape index (κ1) is 26.9. The van der Waals surface area contributed by atoms with Gasteiger partial charge in [-0.1, -0.05) is 0 Å². The normalized spacial score (nSPS) is 20.0. The predicted molar refractivity (Wildman–Crippen MR) is 151 cm³/mol. The van der Waals surface area contributed by atoms with Gasteiger partial charge in [-0.25, -0.2) is 0 Å². The zero-order chi connectivity index (χ0) is 25.7. The summed E-state index contributed by atoms with van der Waals surface area (Å²) in [6.07, 6.45) is 0. The Morgan fingerprint density at radius 3 is 1.26 bits per heavy atom. The van der Waals surface area contributed by atoms with E-state index in [4.69, 9.17) is 8.85 Å². The second kappa shape index (κ2) is 9.94. The molecule has 5 heteroatoms.